The van der Waals surface area contributed by atoms with Crippen molar-refractivity contribution in [2.45, 2.75) is 44.8 Å². The lowest BCUT2D eigenvalue weighted by molar-refractivity contribution is -0.141. The SMILES string of the molecule is C[C@H]1C[C@H]2CN(C(=O)C3CCOCC3)CC[C@@H]2O1. The van der Waals surface area contributed by atoms with Gasteiger partial charge < -0.3 is 14.4 Å². The molecule has 102 valence electrons. The zero-order valence-electron chi connectivity index (χ0n) is 11.1. The number of carbonyl (C=O) groups is 1. The molecule has 3 heterocycles. The van der Waals surface area contributed by atoms with E-state index in [1.54, 1.807) is 0 Å². The van der Waals surface area contributed by atoms with Crippen LogP contribution in [0.15, 0.2) is 0 Å². The average molecular weight is 253 g/mol. The molecule has 3 saturated heterocycles. The number of amides is 1. The molecule has 0 bridgehead atoms. The summed E-state index contributed by atoms with van der Waals surface area (Å²) in [7, 11) is 0. The van der Waals surface area contributed by atoms with Crippen LogP contribution in [-0.4, -0.2) is 49.3 Å². The number of fused-ring (bicyclic) bond motifs is 1. The number of ether oxygens (including phenoxy) is 2. The van der Waals surface area contributed by atoms with Crippen molar-refractivity contribution >= 4 is 5.91 Å². The second-order valence-corrected chi connectivity index (χ2v) is 5.94. The van der Waals surface area contributed by atoms with Gasteiger partial charge in [-0.1, -0.05) is 0 Å². The summed E-state index contributed by atoms with van der Waals surface area (Å²) in [5.41, 5.74) is 0. The molecule has 0 aromatic heterocycles. The van der Waals surface area contributed by atoms with Gasteiger partial charge in [-0.2, -0.15) is 0 Å². The highest BCUT2D eigenvalue weighted by molar-refractivity contribution is 5.79. The summed E-state index contributed by atoms with van der Waals surface area (Å²) in [5.74, 6) is 1.13. The first kappa shape index (κ1) is 12.4. The summed E-state index contributed by atoms with van der Waals surface area (Å²) in [6, 6.07) is 0. The fourth-order valence-corrected chi connectivity index (χ4v) is 3.60. The molecule has 0 unspecified atom stereocenters. The Kier molecular flexibility index (Phi) is 3.57. The Morgan fingerprint density at radius 1 is 1.22 bits per heavy atom. The van der Waals surface area contributed by atoms with E-state index in [-0.39, 0.29) is 5.92 Å². The summed E-state index contributed by atoms with van der Waals surface area (Å²) >= 11 is 0. The largest absolute Gasteiger partial charge is 0.381 e. The third-order valence-electron chi connectivity index (χ3n) is 4.59. The zero-order valence-corrected chi connectivity index (χ0v) is 11.1. The topological polar surface area (TPSA) is 38.8 Å². The normalized spacial score (nSPS) is 37.6. The Morgan fingerprint density at radius 2 is 2.00 bits per heavy atom. The number of hydrogen-bond acceptors (Lipinski definition) is 3. The molecular weight excluding hydrogens is 230 g/mol. The summed E-state index contributed by atoms with van der Waals surface area (Å²) < 4.78 is 11.2. The van der Waals surface area contributed by atoms with Gasteiger partial charge in [0.1, 0.15) is 0 Å². The second kappa shape index (κ2) is 5.17. The highest BCUT2D eigenvalue weighted by Crippen LogP contribution is 2.33. The Morgan fingerprint density at radius 3 is 2.78 bits per heavy atom. The van der Waals surface area contributed by atoms with Crippen LogP contribution in [0.4, 0.5) is 0 Å². The molecule has 4 heteroatoms. The number of rotatable bonds is 1. The highest BCUT2D eigenvalue weighted by atomic mass is 16.5. The fourth-order valence-electron chi connectivity index (χ4n) is 3.60. The van der Waals surface area contributed by atoms with Gasteiger partial charge in [0.25, 0.3) is 0 Å². The van der Waals surface area contributed by atoms with Crippen molar-refractivity contribution in [1.29, 1.82) is 0 Å². The molecule has 0 aliphatic carbocycles. The minimum Gasteiger partial charge on any atom is -0.381 e. The summed E-state index contributed by atoms with van der Waals surface area (Å²) in [6.07, 6.45) is 4.70. The first-order valence-corrected chi connectivity index (χ1v) is 7.26. The van der Waals surface area contributed by atoms with E-state index >= 15 is 0 Å². The molecule has 3 aliphatic heterocycles. The van der Waals surface area contributed by atoms with Gasteiger partial charge in [-0.25, -0.2) is 0 Å². The summed E-state index contributed by atoms with van der Waals surface area (Å²) in [4.78, 5) is 14.5. The van der Waals surface area contributed by atoms with Crippen molar-refractivity contribution in [2.75, 3.05) is 26.3 Å². The fraction of sp³-hybridized carbons (Fsp3) is 0.929. The van der Waals surface area contributed by atoms with E-state index in [0.29, 0.717) is 24.0 Å². The smallest absolute Gasteiger partial charge is 0.225 e. The Bertz CT molecular complexity index is 314. The second-order valence-electron chi connectivity index (χ2n) is 5.94. The number of piperidine rings is 1. The van der Waals surface area contributed by atoms with Crippen LogP contribution in [0.5, 0.6) is 0 Å². The molecule has 3 aliphatic rings. The predicted molar refractivity (Wildman–Crippen MR) is 67.2 cm³/mol. The first-order valence-electron chi connectivity index (χ1n) is 7.26. The van der Waals surface area contributed by atoms with E-state index in [4.69, 9.17) is 9.47 Å². The molecule has 0 N–H and O–H groups in total. The van der Waals surface area contributed by atoms with E-state index in [1.807, 2.05) is 0 Å². The van der Waals surface area contributed by atoms with E-state index in [2.05, 4.69) is 11.8 Å². The van der Waals surface area contributed by atoms with E-state index in [1.165, 1.54) is 0 Å². The standard InChI is InChI=1S/C14H23NO3/c1-10-8-12-9-15(5-2-13(12)18-10)14(16)11-3-6-17-7-4-11/h10-13H,2-9H2,1H3/t10-,12-,13-/m0/s1. The van der Waals surface area contributed by atoms with Crippen LogP contribution in [0.1, 0.15) is 32.6 Å². The molecule has 0 saturated carbocycles. The van der Waals surface area contributed by atoms with Gasteiger partial charge in [-0.3, -0.25) is 4.79 Å². The van der Waals surface area contributed by atoms with Gasteiger partial charge in [-0.15, -0.1) is 0 Å². The van der Waals surface area contributed by atoms with Gasteiger partial charge in [-0.05, 0) is 32.6 Å². The van der Waals surface area contributed by atoms with Gasteiger partial charge in [0.05, 0.1) is 12.2 Å². The number of likely N-dealkylation sites (tertiary alicyclic amines) is 1. The number of nitrogens with zero attached hydrogens (tertiary/aromatic N) is 1. The minimum atomic E-state index is 0.204. The molecule has 0 aromatic rings. The van der Waals surface area contributed by atoms with Crippen LogP contribution in [0.3, 0.4) is 0 Å². The highest BCUT2D eigenvalue weighted by Gasteiger charge is 2.39. The van der Waals surface area contributed by atoms with Gasteiger partial charge in [0, 0.05) is 38.1 Å². The van der Waals surface area contributed by atoms with E-state index < -0.39 is 0 Å². The van der Waals surface area contributed by atoms with Crippen molar-refractivity contribution in [3.8, 4) is 0 Å². The maximum absolute atomic E-state index is 12.5. The number of carbonyl (C=O) groups excluding carboxylic acids is 1. The maximum Gasteiger partial charge on any atom is 0.225 e. The maximum atomic E-state index is 12.5. The molecule has 0 aromatic carbocycles. The average Bonchev–Trinajstić information content (AvgIpc) is 2.78. The third kappa shape index (κ3) is 2.41. The van der Waals surface area contributed by atoms with Crippen LogP contribution in [0.2, 0.25) is 0 Å². The Balaban J connectivity index is 1.58. The van der Waals surface area contributed by atoms with E-state index in [9.17, 15) is 4.79 Å². The van der Waals surface area contributed by atoms with Crippen molar-refractivity contribution in [3.05, 3.63) is 0 Å². The van der Waals surface area contributed by atoms with Crippen LogP contribution in [0, 0.1) is 11.8 Å². The molecule has 0 spiro atoms. The summed E-state index contributed by atoms with van der Waals surface area (Å²) in [5, 5.41) is 0. The molecule has 18 heavy (non-hydrogen) atoms. The van der Waals surface area contributed by atoms with Crippen molar-refractivity contribution in [1.82, 2.24) is 4.90 Å². The van der Waals surface area contributed by atoms with Crippen molar-refractivity contribution < 1.29 is 14.3 Å². The minimum absolute atomic E-state index is 0.204. The summed E-state index contributed by atoms with van der Waals surface area (Å²) in [6.45, 7) is 5.42. The Labute approximate surface area is 109 Å². The van der Waals surface area contributed by atoms with Crippen LogP contribution in [0.25, 0.3) is 0 Å². The monoisotopic (exact) mass is 253 g/mol. The van der Waals surface area contributed by atoms with Gasteiger partial charge >= 0.3 is 0 Å². The molecule has 3 atom stereocenters. The van der Waals surface area contributed by atoms with Crippen LogP contribution < -0.4 is 0 Å². The third-order valence-corrected chi connectivity index (χ3v) is 4.59. The van der Waals surface area contributed by atoms with E-state index in [0.717, 1.165) is 52.0 Å². The quantitative estimate of drug-likeness (QED) is 0.710. The molecule has 3 fully saturated rings. The number of hydrogen-bond donors (Lipinski definition) is 0. The Hall–Kier alpha value is -0.610. The van der Waals surface area contributed by atoms with Gasteiger partial charge in [0.15, 0.2) is 0 Å². The molecule has 4 nitrogen and oxygen atoms in total. The lowest BCUT2D eigenvalue weighted by Crippen LogP contribution is -2.47. The predicted octanol–water partition coefficient (Wildman–Crippen LogP) is 1.44. The first-order chi connectivity index (χ1) is 8.74. The van der Waals surface area contributed by atoms with Crippen LogP contribution >= 0.6 is 0 Å². The zero-order chi connectivity index (χ0) is 12.5. The van der Waals surface area contributed by atoms with Crippen molar-refractivity contribution in [3.63, 3.8) is 0 Å². The van der Waals surface area contributed by atoms with Crippen molar-refractivity contribution in [2.24, 2.45) is 11.8 Å². The lowest BCUT2D eigenvalue weighted by atomic mass is 9.91. The molecular formula is C14H23NO3. The molecule has 1 amide bonds. The molecule has 3 rings (SSSR count). The lowest BCUT2D eigenvalue weighted by Gasteiger charge is -2.36. The van der Waals surface area contributed by atoms with Crippen LogP contribution in [-0.2, 0) is 14.3 Å². The molecule has 0 radical (unpaired) electrons. The van der Waals surface area contributed by atoms with Gasteiger partial charge in [0.2, 0.25) is 5.91 Å².